The summed E-state index contributed by atoms with van der Waals surface area (Å²) in [5.74, 6) is -2.52. The van der Waals surface area contributed by atoms with Gasteiger partial charge in [-0.3, -0.25) is 9.59 Å². The molecule has 96 valence electrons. The Bertz CT molecular complexity index is 469. The molecule has 2 N–H and O–H groups in total. The third-order valence-electron chi connectivity index (χ3n) is 2.71. The van der Waals surface area contributed by atoms with Gasteiger partial charge in [0.25, 0.3) is 0 Å². The molecule has 0 fully saturated rings. The first-order chi connectivity index (χ1) is 8.44. The quantitative estimate of drug-likeness (QED) is 0.607. The number of benzene rings is 1. The van der Waals surface area contributed by atoms with Crippen LogP contribution in [0, 0.1) is 0 Å². The monoisotopic (exact) mass is 249 g/mol. The van der Waals surface area contributed by atoms with Gasteiger partial charge in [-0.25, -0.2) is 4.79 Å². The third kappa shape index (κ3) is 2.56. The second kappa shape index (κ2) is 5.44. The number of aliphatic carboxylic acids is 1. The Morgan fingerprint density at radius 2 is 1.78 bits per heavy atom. The van der Waals surface area contributed by atoms with Crippen LogP contribution in [-0.2, 0) is 9.59 Å². The molecule has 0 aliphatic rings. The van der Waals surface area contributed by atoms with Crippen molar-refractivity contribution in [1.82, 2.24) is 5.32 Å². The molecule has 0 radical (unpaired) electrons. The molecule has 0 aliphatic carbocycles. The second-order valence-corrected chi connectivity index (χ2v) is 3.94. The Kier molecular flexibility index (Phi) is 4.20. The van der Waals surface area contributed by atoms with Crippen molar-refractivity contribution in [2.24, 2.45) is 0 Å². The maximum Gasteiger partial charge on any atom is 0.337 e. The fourth-order valence-corrected chi connectivity index (χ4v) is 1.74. The molecule has 0 spiro atoms. The number of Topliss-reactive ketones (excluding diaryl/α,β-unsaturated/α-hetero) is 1. The largest absolute Gasteiger partial charge is 0.479 e. The molecule has 1 rings (SSSR count). The highest BCUT2D eigenvalue weighted by molar-refractivity contribution is 6.17. The Morgan fingerprint density at radius 3 is 2.17 bits per heavy atom. The zero-order valence-corrected chi connectivity index (χ0v) is 10.3. The first kappa shape index (κ1) is 13.9. The van der Waals surface area contributed by atoms with Crippen LogP contribution in [0.5, 0.6) is 0 Å². The smallest absolute Gasteiger partial charge is 0.337 e. The van der Waals surface area contributed by atoms with E-state index in [4.69, 9.17) is 0 Å². The van der Waals surface area contributed by atoms with Crippen LogP contribution in [0.3, 0.4) is 0 Å². The van der Waals surface area contributed by atoms with E-state index in [1.165, 1.54) is 19.1 Å². The number of hydrogen-bond donors (Lipinski definition) is 2. The van der Waals surface area contributed by atoms with Gasteiger partial charge >= 0.3 is 5.97 Å². The molecule has 0 saturated carbocycles. The molecular formula is C13H15NO4. The van der Waals surface area contributed by atoms with Crippen molar-refractivity contribution < 1.29 is 19.5 Å². The molecule has 18 heavy (non-hydrogen) atoms. The summed E-state index contributed by atoms with van der Waals surface area (Å²) in [7, 11) is 0. The fraction of sp³-hybridized carbons (Fsp3) is 0.308. The molecular weight excluding hydrogens is 234 g/mol. The van der Waals surface area contributed by atoms with Gasteiger partial charge < -0.3 is 10.4 Å². The zero-order chi connectivity index (χ0) is 13.8. The highest BCUT2D eigenvalue weighted by Crippen LogP contribution is 2.18. The predicted molar refractivity (Wildman–Crippen MR) is 65.2 cm³/mol. The Morgan fingerprint density at radius 1 is 1.22 bits per heavy atom. The molecule has 0 saturated heterocycles. The highest BCUT2D eigenvalue weighted by Gasteiger charge is 2.45. The van der Waals surface area contributed by atoms with E-state index in [1.54, 1.807) is 25.1 Å². The summed E-state index contributed by atoms with van der Waals surface area (Å²) in [6.07, 6.45) is -0.0182. The summed E-state index contributed by atoms with van der Waals surface area (Å²) < 4.78 is 0. The van der Waals surface area contributed by atoms with Crippen molar-refractivity contribution in [3.63, 3.8) is 0 Å². The molecule has 1 aromatic rings. The molecule has 0 aromatic heterocycles. The Hall–Kier alpha value is -2.17. The standard InChI is InChI=1S/C13H15NO4/c1-3-13(12(17)18,14-9(2)15)11(16)10-7-5-4-6-8-10/h4-8H,3H2,1-2H3,(H,14,15)(H,17,18). The number of hydrogen-bond acceptors (Lipinski definition) is 3. The van der Waals surface area contributed by atoms with Crippen molar-refractivity contribution in [2.45, 2.75) is 25.8 Å². The van der Waals surface area contributed by atoms with E-state index < -0.39 is 23.2 Å². The summed E-state index contributed by atoms with van der Waals surface area (Å²) in [6, 6.07) is 8.06. The van der Waals surface area contributed by atoms with Gasteiger partial charge in [0.1, 0.15) is 0 Å². The van der Waals surface area contributed by atoms with E-state index in [-0.39, 0.29) is 12.0 Å². The average molecular weight is 249 g/mol. The SMILES string of the molecule is CCC(NC(C)=O)(C(=O)O)C(=O)c1ccccc1. The number of ketones is 1. The predicted octanol–water partition coefficient (Wildman–Crippen LogP) is 1.24. The van der Waals surface area contributed by atoms with Crippen LogP contribution >= 0.6 is 0 Å². The van der Waals surface area contributed by atoms with Gasteiger partial charge in [0.15, 0.2) is 5.78 Å². The second-order valence-electron chi connectivity index (χ2n) is 3.94. The zero-order valence-electron chi connectivity index (χ0n) is 10.3. The van der Waals surface area contributed by atoms with Gasteiger partial charge in [0.2, 0.25) is 11.4 Å². The van der Waals surface area contributed by atoms with Crippen molar-refractivity contribution in [3.05, 3.63) is 35.9 Å². The summed E-state index contributed by atoms with van der Waals surface area (Å²) >= 11 is 0. The van der Waals surface area contributed by atoms with Crippen LogP contribution in [0.4, 0.5) is 0 Å². The number of nitrogens with one attached hydrogen (secondary N) is 1. The number of carbonyl (C=O) groups is 3. The molecule has 1 aromatic carbocycles. The van der Waals surface area contributed by atoms with Crippen molar-refractivity contribution in [1.29, 1.82) is 0 Å². The number of carboxylic acids is 1. The summed E-state index contributed by atoms with van der Waals surface area (Å²) in [4.78, 5) is 34.8. The molecule has 1 amide bonds. The number of rotatable bonds is 5. The lowest BCUT2D eigenvalue weighted by molar-refractivity contribution is -0.145. The van der Waals surface area contributed by atoms with Crippen LogP contribution < -0.4 is 5.32 Å². The number of amides is 1. The normalized spacial score (nSPS) is 13.4. The van der Waals surface area contributed by atoms with Crippen LogP contribution in [0.1, 0.15) is 30.6 Å². The van der Waals surface area contributed by atoms with E-state index in [9.17, 15) is 19.5 Å². The lowest BCUT2D eigenvalue weighted by Gasteiger charge is -2.27. The average Bonchev–Trinajstić information content (AvgIpc) is 2.35. The van der Waals surface area contributed by atoms with Gasteiger partial charge in [-0.15, -0.1) is 0 Å². The summed E-state index contributed by atoms with van der Waals surface area (Å²) in [6.45, 7) is 2.73. The molecule has 5 heteroatoms. The van der Waals surface area contributed by atoms with Gasteiger partial charge in [-0.2, -0.15) is 0 Å². The van der Waals surface area contributed by atoms with E-state index in [0.717, 1.165) is 0 Å². The van der Waals surface area contributed by atoms with Crippen LogP contribution in [0.15, 0.2) is 30.3 Å². The minimum absolute atomic E-state index is 0.0182. The van der Waals surface area contributed by atoms with Crippen LogP contribution in [0.25, 0.3) is 0 Å². The lowest BCUT2D eigenvalue weighted by atomic mass is 9.86. The Labute approximate surface area is 105 Å². The van der Waals surface area contributed by atoms with Crippen molar-refractivity contribution >= 4 is 17.7 Å². The first-order valence-electron chi connectivity index (χ1n) is 5.56. The van der Waals surface area contributed by atoms with Crippen molar-refractivity contribution in [3.8, 4) is 0 Å². The van der Waals surface area contributed by atoms with Gasteiger partial charge in [0.05, 0.1) is 0 Å². The maximum absolute atomic E-state index is 12.3. The van der Waals surface area contributed by atoms with E-state index in [0.29, 0.717) is 0 Å². The van der Waals surface area contributed by atoms with E-state index in [2.05, 4.69) is 5.32 Å². The molecule has 0 bridgehead atoms. The van der Waals surface area contributed by atoms with Gasteiger partial charge in [-0.1, -0.05) is 37.3 Å². The highest BCUT2D eigenvalue weighted by atomic mass is 16.4. The molecule has 0 heterocycles. The minimum Gasteiger partial charge on any atom is -0.479 e. The Balaban J connectivity index is 3.22. The summed E-state index contributed by atoms with van der Waals surface area (Å²) in [5.41, 5.74) is -1.64. The number of carbonyl (C=O) groups excluding carboxylic acids is 2. The molecule has 1 unspecified atom stereocenters. The van der Waals surface area contributed by atoms with Crippen LogP contribution in [0.2, 0.25) is 0 Å². The van der Waals surface area contributed by atoms with Crippen LogP contribution in [-0.4, -0.2) is 28.3 Å². The van der Waals surface area contributed by atoms with Crippen molar-refractivity contribution in [2.75, 3.05) is 0 Å². The fourth-order valence-electron chi connectivity index (χ4n) is 1.74. The topological polar surface area (TPSA) is 83.5 Å². The van der Waals surface area contributed by atoms with Gasteiger partial charge in [0, 0.05) is 12.5 Å². The lowest BCUT2D eigenvalue weighted by Crippen LogP contribution is -2.59. The van der Waals surface area contributed by atoms with E-state index >= 15 is 0 Å². The number of carboxylic acid groups (broad SMARTS) is 1. The minimum atomic E-state index is -1.90. The molecule has 5 nitrogen and oxygen atoms in total. The van der Waals surface area contributed by atoms with E-state index in [1.807, 2.05) is 0 Å². The first-order valence-corrected chi connectivity index (χ1v) is 5.56. The third-order valence-corrected chi connectivity index (χ3v) is 2.71. The maximum atomic E-state index is 12.3. The van der Waals surface area contributed by atoms with Gasteiger partial charge in [-0.05, 0) is 6.42 Å². The molecule has 0 aliphatic heterocycles. The molecule has 1 atom stereocenters. The summed E-state index contributed by atoms with van der Waals surface area (Å²) in [5, 5.41) is 11.5.